The Morgan fingerprint density at radius 3 is 2.52 bits per heavy atom. The van der Waals surface area contributed by atoms with Crippen LogP contribution in [0.5, 0.6) is 5.75 Å². The Hall–Kier alpha value is -1.36. The average Bonchev–Trinajstić information content (AvgIpc) is 2.47. The lowest BCUT2D eigenvalue weighted by atomic mass is 10.0. The van der Waals surface area contributed by atoms with Crippen LogP contribution in [-0.4, -0.2) is 32.3 Å². The Labute approximate surface area is 126 Å². The molecule has 0 spiro atoms. The molecule has 0 unspecified atom stereocenters. The van der Waals surface area contributed by atoms with Crippen LogP contribution in [0.1, 0.15) is 48.0 Å². The highest BCUT2D eigenvalue weighted by Crippen LogP contribution is 2.26. The smallest absolute Gasteiger partial charge is 0.181 e. The first kappa shape index (κ1) is 16.0. The molecule has 21 heavy (non-hydrogen) atoms. The molecule has 0 bridgehead atoms. The van der Waals surface area contributed by atoms with E-state index >= 15 is 0 Å². The first-order chi connectivity index (χ1) is 9.94. The fourth-order valence-electron chi connectivity index (χ4n) is 2.83. The molecule has 0 aromatic heterocycles. The van der Waals surface area contributed by atoms with Gasteiger partial charge in [-0.3, -0.25) is 4.79 Å². The van der Waals surface area contributed by atoms with Gasteiger partial charge in [-0.25, -0.2) is 8.42 Å². The molecule has 0 aliphatic heterocycles. The van der Waals surface area contributed by atoms with Crippen molar-refractivity contribution in [1.29, 1.82) is 0 Å². The van der Waals surface area contributed by atoms with Crippen LogP contribution in [0.25, 0.3) is 0 Å². The Balaban J connectivity index is 2.17. The summed E-state index contributed by atoms with van der Waals surface area (Å²) < 4.78 is 29.9. The van der Waals surface area contributed by atoms with Crippen LogP contribution in [0.4, 0.5) is 0 Å². The molecule has 0 saturated heterocycles. The summed E-state index contributed by atoms with van der Waals surface area (Å²) in [7, 11) is -1.88. The number of ether oxygens (including phenoxy) is 1. The van der Waals surface area contributed by atoms with Crippen molar-refractivity contribution in [2.24, 2.45) is 0 Å². The second-order valence-electron chi connectivity index (χ2n) is 5.69. The highest BCUT2D eigenvalue weighted by molar-refractivity contribution is 7.92. The van der Waals surface area contributed by atoms with Crippen LogP contribution in [0, 0.1) is 6.92 Å². The van der Waals surface area contributed by atoms with Crippen molar-refractivity contribution in [2.75, 3.05) is 12.9 Å². The molecule has 0 amide bonds. The van der Waals surface area contributed by atoms with Gasteiger partial charge in [-0.2, -0.15) is 0 Å². The summed E-state index contributed by atoms with van der Waals surface area (Å²) in [6.07, 6.45) is 4.32. The summed E-state index contributed by atoms with van der Waals surface area (Å²) >= 11 is 0. The molecule has 1 fully saturated rings. The molecule has 116 valence electrons. The van der Waals surface area contributed by atoms with Crippen molar-refractivity contribution < 1.29 is 17.9 Å². The van der Waals surface area contributed by atoms with Crippen molar-refractivity contribution in [3.05, 3.63) is 29.3 Å². The highest BCUT2D eigenvalue weighted by Gasteiger charge is 2.30. The number of ketones is 1. The fourth-order valence-corrected chi connectivity index (χ4v) is 4.64. The molecule has 2 rings (SSSR count). The lowest BCUT2D eigenvalue weighted by molar-refractivity contribution is 0.101. The van der Waals surface area contributed by atoms with Gasteiger partial charge in [0.1, 0.15) is 11.5 Å². The van der Waals surface area contributed by atoms with Crippen LogP contribution in [0.2, 0.25) is 0 Å². The van der Waals surface area contributed by atoms with Gasteiger partial charge in [0.2, 0.25) is 0 Å². The molecule has 4 nitrogen and oxygen atoms in total. The number of carbonyl (C=O) groups is 1. The number of benzene rings is 1. The molecule has 0 atom stereocenters. The van der Waals surface area contributed by atoms with Crippen molar-refractivity contribution in [3.8, 4) is 5.75 Å². The number of carbonyl (C=O) groups excluding carboxylic acids is 1. The van der Waals surface area contributed by atoms with Gasteiger partial charge < -0.3 is 4.74 Å². The number of sulfone groups is 1. The van der Waals surface area contributed by atoms with Gasteiger partial charge in [0.25, 0.3) is 0 Å². The molecule has 0 radical (unpaired) electrons. The maximum atomic E-state index is 12.4. The van der Waals surface area contributed by atoms with Gasteiger partial charge in [-0.05, 0) is 37.5 Å². The Morgan fingerprint density at radius 1 is 1.24 bits per heavy atom. The van der Waals surface area contributed by atoms with Crippen LogP contribution in [0.15, 0.2) is 18.2 Å². The monoisotopic (exact) mass is 310 g/mol. The minimum Gasteiger partial charge on any atom is -0.496 e. The SMILES string of the molecule is COc1cc(C)ccc1C(=O)CS(=O)(=O)C1CCCCC1. The summed E-state index contributed by atoms with van der Waals surface area (Å²) in [5.41, 5.74) is 1.32. The van der Waals surface area contributed by atoms with Gasteiger partial charge in [0.15, 0.2) is 15.6 Å². The van der Waals surface area contributed by atoms with E-state index in [-0.39, 0.29) is 11.0 Å². The summed E-state index contributed by atoms with van der Waals surface area (Å²) in [5, 5.41) is -0.355. The number of hydrogen-bond acceptors (Lipinski definition) is 4. The summed E-state index contributed by atoms with van der Waals surface area (Å²) in [4.78, 5) is 12.3. The molecule has 0 heterocycles. The zero-order chi connectivity index (χ0) is 15.5. The largest absolute Gasteiger partial charge is 0.496 e. The van der Waals surface area contributed by atoms with Crippen molar-refractivity contribution in [2.45, 2.75) is 44.3 Å². The van der Waals surface area contributed by atoms with E-state index in [2.05, 4.69) is 0 Å². The zero-order valence-electron chi connectivity index (χ0n) is 12.6. The first-order valence-corrected chi connectivity index (χ1v) is 9.05. The molecule has 1 aromatic carbocycles. The van der Waals surface area contributed by atoms with E-state index in [0.717, 1.165) is 24.8 Å². The van der Waals surface area contributed by atoms with Crippen molar-refractivity contribution in [1.82, 2.24) is 0 Å². The molecule has 1 aromatic rings. The van der Waals surface area contributed by atoms with Gasteiger partial charge >= 0.3 is 0 Å². The van der Waals surface area contributed by atoms with Crippen molar-refractivity contribution >= 4 is 15.6 Å². The maximum absolute atomic E-state index is 12.4. The predicted octanol–water partition coefficient (Wildman–Crippen LogP) is 2.93. The summed E-state index contributed by atoms with van der Waals surface area (Å²) in [5.74, 6) is -0.354. The lowest BCUT2D eigenvalue weighted by Gasteiger charge is -2.21. The Morgan fingerprint density at radius 2 is 1.90 bits per heavy atom. The number of hydrogen-bond donors (Lipinski definition) is 0. The third-order valence-corrected chi connectivity index (χ3v) is 6.20. The minimum atomic E-state index is -3.37. The number of aryl methyl sites for hydroxylation is 1. The van der Waals surface area contributed by atoms with E-state index in [1.807, 2.05) is 6.92 Å². The fraction of sp³-hybridized carbons (Fsp3) is 0.562. The van der Waals surface area contributed by atoms with E-state index in [4.69, 9.17) is 4.74 Å². The topological polar surface area (TPSA) is 60.4 Å². The quantitative estimate of drug-likeness (QED) is 0.785. The number of methoxy groups -OCH3 is 1. The maximum Gasteiger partial charge on any atom is 0.181 e. The third-order valence-electron chi connectivity index (χ3n) is 4.05. The van der Waals surface area contributed by atoms with Crippen LogP contribution >= 0.6 is 0 Å². The van der Waals surface area contributed by atoms with Crippen LogP contribution in [-0.2, 0) is 9.84 Å². The Bertz CT molecular complexity index is 613. The van der Waals surface area contributed by atoms with Gasteiger partial charge in [-0.1, -0.05) is 25.3 Å². The predicted molar refractivity (Wildman–Crippen MR) is 82.7 cm³/mol. The second-order valence-corrected chi connectivity index (χ2v) is 7.98. The summed E-state index contributed by atoms with van der Waals surface area (Å²) in [6.45, 7) is 1.90. The van der Waals surface area contributed by atoms with Crippen LogP contribution in [0.3, 0.4) is 0 Å². The summed E-state index contributed by atoms with van der Waals surface area (Å²) in [6, 6.07) is 5.19. The van der Waals surface area contributed by atoms with E-state index in [1.165, 1.54) is 7.11 Å². The van der Waals surface area contributed by atoms with Gasteiger partial charge in [-0.15, -0.1) is 0 Å². The van der Waals surface area contributed by atoms with Gasteiger partial charge in [0.05, 0.1) is 17.9 Å². The lowest BCUT2D eigenvalue weighted by Crippen LogP contribution is -2.30. The normalized spacial score (nSPS) is 16.7. The van der Waals surface area contributed by atoms with E-state index in [0.29, 0.717) is 24.2 Å². The third kappa shape index (κ3) is 3.84. The molecular weight excluding hydrogens is 288 g/mol. The molecule has 1 aliphatic carbocycles. The Kier molecular flexibility index (Phi) is 5.04. The number of Topliss-reactive ketones (excluding diaryl/α,β-unsaturated/α-hetero) is 1. The number of rotatable bonds is 5. The standard InChI is InChI=1S/C16H22O4S/c1-12-8-9-14(16(10-12)20-2)15(17)11-21(18,19)13-6-4-3-5-7-13/h8-10,13H,3-7,11H2,1-2H3. The molecule has 0 N–H and O–H groups in total. The average molecular weight is 310 g/mol. The molecule has 1 aliphatic rings. The second kappa shape index (κ2) is 6.60. The highest BCUT2D eigenvalue weighted by atomic mass is 32.2. The van der Waals surface area contributed by atoms with Gasteiger partial charge in [0, 0.05) is 0 Å². The van der Waals surface area contributed by atoms with E-state index in [1.54, 1.807) is 18.2 Å². The van der Waals surface area contributed by atoms with Crippen LogP contribution < -0.4 is 4.74 Å². The zero-order valence-corrected chi connectivity index (χ0v) is 13.4. The van der Waals surface area contributed by atoms with E-state index in [9.17, 15) is 13.2 Å². The molecule has 1 saturated carbocycles. The minimum absolute atomic E-state index is 0.350. The first-order valence-electron chi connectivity index (χ1n) is 7.33. The molecule has 5 heteroatoms. The molecular formula is C16H22O4S. The van der Waals surface area contributed by atoms with E-state index < -0.39 is 15.6 Å². The van der Waals surface area contributed by atoms with Crippen molar-refractivity contribution in [3.63, 3.8) is 0 Å².